The predicted octanol–water partition coefficient (Wildman–Crippen LogP) is 7.58. The lowest BCUT2D eigenvalue weighted by Gasteiger charge is -2.26. The Kier molecular flexibility index (Phi) is 8.73. The Morgan fingerprint density at radius 2 is 1.54 bits per heavy atom. The molecular weight excluding hydrogens is 631 g/mol. The van der Waals surface area contributed by atoms with Gasteiger partial charge in [-0.1, -0.05) is 69.5 Å². The number of rotatable bonds is 8. The molecule has 0 aromatic heterocycles. The predicted molar refractivity (Wildman–Crippen MR) is 161 cm³/mol. The molecule has 1 N–H and O–H groups in total. The standard InChI is InChI=1S/C31H21BrCl2N2O5/c32-22-7-4-19(5-8-22)17-40-25-11-9-24(10-12-25)36-30(38)26(29(37)35-31(36)39)15-20-6-13-28(27(34)16-20)41-18-21-2-1-3-23(33)14-21/h1-16H,17-18H2,(H,35,37,39)/b26-15+. The molecule has 1 heterocycles. The van der Waals surface area contributed by atoms with Crippen LogP contribution in [0.4, 0.5) is 10.5 Å². The molecule has 0 atom stereocenters. The Hall–Kier alpha value is -4.11. The van der Waals surface area contributed by atoms with Crippen molar-refractivity contribution >= 4 is 68.7 Å². The monoisotopic (exact) mass is 650 g/mol. The molecule has 1 fully saturated rings. The van der Waals surface area contributed by atoms with E-state index in [1.807, 2.05) is 36.4 Å². The van der Waals surface area contributed by atoms with E-state index in [2.05, 4.69) is 21.2 Å². The Balaban J connectivity index is 1.29. The summed E-state index contributed by atoms with van der Waals surface area (Å²) in [7, 11) is 0. The molecule has 1 aliphatic heterocycles. The lowest BCUT2D eigenvalue weighted by molar-refractivity contribution is -0.122. The molecule has 1 saturated heterocycles. The second-order valence-electron chi connectivity index (χ2n) is 8.98. The molecule has 4 amide bonds. The average Bonchev–Trinajstić information content (AvgIpc) is 2.95. The molecule has 0 bridgehead atoms. The quantitative estimate of drug-likeness (QED) is 0.157. The molecule has 10 heteroatoms. The van der Waals surface area contributed by atoms with Crippen molar-refractivity contribution in [3.05, 3.63) is 128 Å². The average molecular weight is 652 g/mol. The minimum absolute atomic E-state index is 0.219. The van der Waals surface area contributed by atoms with Gasteiger partial charge in [-0.05, 0) is 83.4 Å². The maximum Gasteiger partial charge on any atom is 0.335 e. The summed E-state index contributed by atoms with van der Waals surface area (Å²) in [4.78, 5) is 39.4. The molecule has 4 aromatic carbocycles. The number of anilines is 1. The van der Waals surface area contributed by atoms with Crippen molar-refractivity contribution < 1.29 is 23.9 Å². The smallest absolute Gasteiger partial charge is 0.335 e. The van der Waals surface area contributed by atoms with Crippen LogP contribution in [-0.2, 0) is 22.8 Å². The van der Waals surface area contributed by atoms with Crippen LogP contribution in [0, 0.1) is 0 Å². The minimum atomic E-state index is -0.844. The highest BCUT2D eigenvalue weighted by Crippen LogP contribution is 2.29. The van der Waals surface area contributed by atoms with Crippen molar-refractivity contribution in [2.75, 3.05) is 4.90 Å². The SMILES string of the molecule is O=C1NC(=O)N(c2ccc(OCc3ccc(Br)cc3)cc2)C(=O)/C1=C/c1ccc(OCc2cccc(Cl)c2)c(Cl)c1. The van der Waals surface area contributed by atoms with E-state index in [0.29, 0.717) is 28.7 Å². The summed E-state index contributed by atoms with van der Waals surface area (Å²) in [5.74, 6) is -0.587. The molecule has 5 rings (SSSR count). The molecule has 1 aliphatic rings. The summed E-state index contributed by atoms with van der Waals surface area (Å²) in [5, 5.41) is 3.11. The van der Waals surface area contributed by atoms with Gasteiger partial charge in [0, 0.05) is 9.50 Å². The summed E-state index contributed by atoms with van der Waals surface area (Å²) in [5.41, 5.74) is 2.40. The number of hydrogen-bond acceptors (Lipinski definition) is 5. The first-order valence-corrected chi connectivity index (χ1v) is 13.9. The van der Waals surface area contributed by atoms with Crippen LogP contribution in [0.5, 0.6) is 11.5 Å². The van der Waals surface area contributed by atoms with Crippen molar-refractivity contribution in [3.63, 3.8) is 0 Å². The van der Waals surface area contributed by atoms with Gasteiger partial charge in [-0.2, -0.15) is 0 Å². The molecule has 206 valence electrons. The molecule has 4 aromatic rings. The number of hydrogen-bond donors (Lipinski definition) is 1. The second-order valence-corrected chi connectivity index (χ2v) is 10.7. The Labute approximate surface area is 254 Å². The van der Waals surface area contributed by atoms with Crippen LogP contribution in [0.25, 0.3) is 6.08 Å². The molecule has 41 heavy (non-hydrogen) atoms. The van der Waals surface area contributed by atoms with E-state index >= 15 is 0 Å². The number of urea groups is 1. The highest BCUT2D eigenvalue weighted by Gasteiger charge is 2.36. The number of imide groups is 2. The van der Waals surface area contributed by atoms with Crippen molar-refractivity contribution in [2.24, 2.45) is 0 Å². The molecule has 0 spiro atoms. The fourth-order valence-corrected chi connectivity index (χ4v) is 4.73. The number of barbiturate groups is 1. The summed E-state index contributed by atoms with van der Waals surface area (Å²) in [6.07, 6.45) is 1.37. The van der Waals surface area contributed by atoms with Gasteiger partial charge in [-0.15, -0.1) is 0 Å². The van der Waals surface area contributed by atoms with Gasteiger partial charge in [-0.3, -0.25) is 14.9 Å². The van der Waals surface area contributed by atoms with E-state index in [9.17, 15) is 14.4 Å². The number of nitrogens with one attached hydrogen (secondary N) is 1. The van der Waals surface area contributed by atoms with Gasteiger partial charge in [0.1, 0.15) is 30.3 Å². The normalized spacial score (nSPS) is 14.3. The molecule has 0 saturated carbocycles. The van der Waals surface area contributed by atoms with Crippen LogP contribution in [0.2, 0.25) is 10.0 Å². The number of amides is 4. The van der Waals surface area contributed by atoms with Gasteiger partial charge >= 0.3 is 6.03 Å². The first kappa shape index (κ1) is 28.4. The van der Waals surface area contributed by atoms with Crippen molar-refractivity contribution in [1.29, 1.82) is 0 Å². The maximum absolute atomic E-state index is 13.3. The topological polar surface area (TPSA) is 84.9 Å². The number of benzene rings is 4. The van der Waals surface area contributed by atoms with Gasteiger partial charge in [0.05, 0.1) is 10.7 Å². The van der Waals surface area contributed by atoms with Gasteiger partial charge < -0.3 is 9.47 Å². The van der Waals surface area contributed by atoms with Gasteiger partial charge in [-0.25, -0.2) is 9.69 Å². The van der Waals surface area contributed by atoms with Crippen molar-refractivity contribution in [1.82, 2.24) is 5.32 Å². The fraction of sp³-hybridized carbons (Fsp3) is 0.0645. The molecule has 7 nitrogen and oxygen atoms in total. The second kappa shape index (κ2) is 12.6. The lowest BCUT2D eigenvalue weighted by Crippen LogP contribution is -2.54. The highest BCUT2D eigenvalue weighted by molar-refractivity contribution is 9.10. The molecule has 0 aliphatic carbocycles. The number of carbonyl (C=O) groups is 3. The molecule has 0 unspecified atom stereocenters. The summed E-state index contributed by atoms with van der Waals surface area (Å²) in [6, 6.07) is 25.5. The molecule has 0 radical (unpaired) electrons. The van der Waals surface area contributed by atoms with Crippen molar-refractivity contribution in [3.8, 4) is 11.5 Å². The third-order valence-electron chi connectivity index (χ3n) is 6.07. The van der Waals surface area contributed by atoms with E-state index in [1.54, 1.807) is 54.6 Å². The summed E-state index contributed by atoms with van der Waals surface area (Å²) in [6.45, 7) is 0.608. The highest BCUT2D eigenvalue weighted by atomic mass is 79.9. The summed E-state index contributed by atoms with van der Waals surface area (Å²) >= 11 is 15.8. The number of ether oxygens (including phenoxy) is 2. The lowest BCUT2D eigenvalue weighted by atomic mass is 10.1. The fourth-order valence-electron chi connectivity index (χ4n) is 4.01. The summed E-state index contributed by atoms with van der Waals surface area (Å²) < 4.78 is 12.6. The van der Waals surface area contributed by atoms with Gasteiger partial charge in [0.15, 0.2) is 0 Å². The van der Waals surface area contributed by atoms with E-state index < -0.39 is 17.8 Å². The van der Waals surface area contributed by atoms with E-state index in [0.717, 1.165) is 20.5 Å². The number of nitrogens with zero attached hydrogens (tertiary/aromatic N) is 1. The van der Waals surface area contributed by atoms with Gasteiger partial charge in [0.2, 0.25) is 0 Å². The third-order valence-corrected chi connectivity index (χ3v) is 7.12. The van der Waals surface area contributed by atoms with Gasteiger partial charge in [0.25, 0.3) is 11.8 Å². The largest absolute Gasteiger partial charge is 0.489 e. The number of halogens is 3. The van der Waals surface area contributed by atoms with E-state index in [1.165, 1.54) is 6.08 Å². The van der Waals surface area contributed by atoms with Crippen LogP contribution < -0.4 is 19.7 Å². The zero-order chi connectivity index (χ0) is 28.9. The van der Waals surface area contributed by atoms with Crippen LogP contribution in [0.15, 0.2) is 101 Å². The third kappa shape index (κ3) is 6.97. The Morgan fingerprint density at radius 1 is 0.805 bits per heavy atom. The van der Waals surface area contributed by atoms with Crippen molar-refractivity contribution in [2.45, 2.75) is 13.2 Å². The van der Waals surface area contributed by atoms with Crippen LogP contribution in [0.1, 0.15) is 16.7 Å². The van der Waals surface area contributed by atoms with Crippen LogP contribution in [0.3, 0.4) is 0 Å². The number of carbonyl (C=O) groups excluding carboxylic acids is 3. The molecular formula is C31H21BrCl2N2O5. The first-order valence-electron chi connectivity index (χ1n) is 12.3. The van der Waals surface area contributed by atoms with Crippen LogP contribution in [-0.4, -0.2) is 17.8 Å². The first-order chi connectivity index (χ1) is 19.8. The van der Waals surface area contributed by atoms with E-state index in [4.69, 9.17) is 32.7 Å². The zero-order valence-corrected chi connectivity index (χ0v) is 24.4. The van der Waals surface area contributed by atoms with E-state index in [-0.39, 0.29) is 22.9 Å². The zero-order valence-electron chi connectivity index (χ0n) is 21.3. The maximum atomic E-state index is 13.3. The Morgan fingerprint density at radius 3 is 2.24 bits per heavy atom. The minimum Gasteiger partial charge on any atom is -0.489 e. The Bertz CT molecular complexity index is 1660. The van der Waals surface area contributed by atoms with Crippen LogP contribution >= 0.6 is 39.1 Å².